The predicted molar refractivity (Wildman–Crippen MR) is 134 cm³/mol. The van der Waals surface area contributed by atoms with E-state index in [1.807, 2.05) is 48.7 Å². The Bertz CT molecular complexity index is 1330. The molecule has 5 rings (SSSR count). The zero-order valence-electron chi connectivity index (χ0n) is 19.2. The van der Waals surface area contributed by atoms with Crippen molar-refractivity contribution in [3.63, 3.8) is 0 Å². The molecule has 0 unspecified atom stereocenters. The van der Waals surface area contributed by atoms with Gasteiger partial charge in [0.15, 0.2) is 5.82 Å². The number of aromatic nitrogens is 3. The number of hydrazone groups is 1. The average molecular weight is 455 g/mol. The second-order valence-electron chi connectivity index (χ2n) is 8.19. The number of nitrogens with one attached hydrogen (secondary N) is 1. The zero-order valence-corrected chi connectivity index (χ0v) is 19.2. The molecule has 2 aromatic heterocycles. The van der Waals surface area contributed by atoms with Gasteiger partial charge in [0.25, 0.3) is 0 Å². The Kier molecular flexibility index (Phi) is 6.31. The molecule has 1 fully saturated rings. The van der Waals surface area contributed by atoms with Gasteiger partial charge in [-0.15, -0.1) is 0 Å². The first-order valence-electron chi connectivity index (χ1n) is 11.2. The molecule has 0 atom stereocenters. The summed E-state index contributed by atoms with van der Waals surface area (Å²) in [5.74, 6) is 1.96. The normalized spacial score (nSPS) is 14.0. The lowest BCUT2D eigenvalue weighted by Gasteiger charge is -2.28. The fraction of sp³-hybridized carbons (Fsp3) is 0.231. The Morgan fingerprint density at radius 2 is 1.91 bits per heavy atom. The van der Waals surface area contributed by atoms with Crippen molar-refractivity contribution in [1.82, 2.24) is 15.0 Å². The van der Waals surface area contributed by atoms with Crippen LogP contribution in [0, 0.1) is 13.8 Å². The molecule has 0 saturated carbocycles. The van der Waals surface area contributed by atoms with Crippen LogP contribution in [-0.2, 0) is 4.74 Å². The van der Waals surface area contributed by atoms with Crippen molar-refractivity contribution in [3.05, 3.63) is 77.5 Å². The van der Waals surface area contributed by atoms with Crippen LogP contribution >= 0.6 is 0 Å². The second kappa shape index (κ2) is 9.84. The van der Waals surface area contributed by atoms with Crippen LogP contribution in [0.2, 0.25) is 0 Å². The van der Waals surface area contributed by atoms with E-state index < -0.39 is 0 Å². The number of hydrogen-bond acceptors (Lipinski definition) is 8. The number of fused-ring (bicyclic) bond motifs is 1. The maximum Gasteiger partial charge on any atom is 0.325 e. The fourth-order valence-corrected chi connectivity index (χ4v) is 3.83. The Balaban J connectivity index is 1.43. The van der Waals surface area contributed by atoms with Crippen molar-refractivity contribution >= 4 is 28.8 Å². The first-order chi connectivity index (χ1) is 16.6. The Labute approximate surface area is 198 Å². The highest BCUT2D eigenvalue weighted by Crippen LogP contribution is 2.27. The van der Waals surface area contributed by atoms with Gasteiger partial charge < -0.3 is 14.4 Å². The van der Waals surface area contributed by atoms with Crippen molar-refractivity contribution in [2.24, 2.45) is 5.10 Å². The quantitative estimate of drug-likeness (QED) is 0.333. The molecule has 0 bridgehead atoms. The van der Waals surface area contributed by atoms with Gasteiger partial charge in [0.2, 0.25) is 0 Å². The summed E-state index contributed by atoms with van der Waals surface area (Å²) < 4.78 is 11.6. The number of morpholine rings is 1. The van der Waals surface area contributed by atoms with Gasteiger partial charge in [-0.05, 0) is 49.2 Å². The molecule has 34 heavy (non-hydrogen) atoms. The molecule has 4 aromatic rings. The summed E-state index contributed by atoms with van der Waals surface area (Å²) in [6, 6.07) is 18.0. The third-order valence-electron chi connectivity index (χ3n) is 5.60. The van der Waals surface area contributed by atoms with Crippen LogP contribution in [0.5, 0.6) is 11.8 Å². The summed E-state index contributed by atoms with van der Waals surface area (Å²) in [4.78, 5) is 15.8. The molecule has 0 aliphatic carbocycles. The van der Waals surface area contributed by atoms with Crippen molar-refractivity contribution < 1.29 is 9.47 Å². The third kappa shape index (κ3) is 5.13. The van der Waals surface area contributed by atoms with Crippen molar-refractivity contribution in [2.75, 3.05) is 36.6 Å². The zero-order chi connectivity index (χ0) is 23.3. The summed E-state index contributed by atoms with van der Waals surface area (Å²) in [7, 11) is 0. The molecule has 8 nitrogen and oxygen atoms in total. The minimum Gasteiger partial charge on any atom is -0.424 e. The Morgan fingerprint density at radius 3 is 2.76 bits per heavy atom. The predicted octanol–water partition coefficient (Wildman–Crippen LogP) is 4.72. The van der Waals surface area contributed by atoms with Gasteiger partial charge >= 0.3 is 6.01 Å². The molecule has 2 aromatic carbocycles. The van der Waals surface area contributed by atoms with Crippen LogP contribution in [0.25, 0.3) is 10.9 Å². The molecule has 8 heteroatoms. The molecule has 1 aliphatic heterocycles. The molecule has 0 amide bonds. The van der Waals surface area contributed by atoms with E-state index in [9.17, 15) is 0 Å². The number of nitrogens with zero attached hydrogens (tertiary/aromatic N) is 5. The van der Waals surface area contributed by atoms with E-state index in [2.05, 4.69) is 56.4 Å². The first-order valence-corrected chi connectivity index (χ1v) is 11.2. The summed E-state index contributed by atoms with van der Waals surface area (Å²) >= 11 is 0. The highest BCUT2D eigenvalue weighted by Gasteiger charge is 2.16. The molecule has 0 radical (unpaired) electrons. The van der Waals surface area contributed by atoms with Crippen molar-refractivity contribution in [1.29, 1.82) is 0 Å². The summed E-state index contributed by atoms with van der Waals surface area (Å²) in [5.41, 5.74) is 7.26. The Hall–Kier alpha value is -4.04. The number of benzene rings is 2. The van der Waals surface area contributed by atoms with Gasteiger partial charge in [-0.25, -0.2) is 0 Å². The molecule has 1 saturated heterocycles. The largest absolute Gasteiger partial charge is 0.424 e. The van der Waals surface area contributed by atoms with Gasteiger partial charge in [-0.3, -0.25) is 10.4 Å². The molecular weight excluding hydrogens is 428 g/mol. The second-order valence-corrected chi connectivity index (χ2v) is 8.19. The smallest absolute Gasteiger partial charge is 0.325 e. The number of pyridine rings is 1. The van der Waals surface area contributed by atoms with Gasteiger partial charge in [0.05, 0.1) is 24.9 Å². The minimum atomic E-state index is 0.248. The lowest BCUT2D eigenvalue weighted by molar-refractivity contribution is 0.122. The molecular formula is C26H26N6O2. The van der Waals surface area contributed by atoms with Gasteiger partial charge in [-0.1, -0.05) is 29.8 Å². The van der Waals surface area contributed by atoms with Crippen molar-refractivity contribution in [3.8, 4) is 11.8 Å². The number of anilines is 2. The van der Waals surface area contributed by atoms with Crippen LogP contribution in [-0.4, -0.2) is 47.5 Å². The topological polar surface area (TPSA) is 84.8 Å². The van der Waals surface area contributed by atoms with Crippen LogP contribution in [0.1, 0.15) is 16.7 Å². The molecule has 172 valence electrons. The third-order valence-corrected chi connectivity index (χ3v) is 5.60. The molecule has 1 N–H and O–H groups in total. The molecule has 0 spiro atoms. The Morgan fingerprint density at radius 1 is 1.03 bits per heavy atom. The lowest BCUT2D eigenvalue weighted by atomic mass is 10.1. The van der Waals surface area contributed by atoms with Crippen LogP contribution in [0.4, 0.5) is 11.6 Å². The summed E-state index contributed by atoms with van der Waals surface area (Å²) in [6.07, 6.45) is 3.57. The summed E-state index contributed by atoms with van der Waals surface area (Å²) in [5, 5.41) is 5.40. The van der Waals surface area contributed by atoms with E-state index in [1.165, 1.54) is 5.56 Å². The fourth-order valence-electron chi connectivity index (χ4n) is 3.83. The van der Waals surface area contributed by atoms with E-state index in [0.29, 0.717) is 24.8 Å². The monoisotopic (exact) mass is 454 g/mol. The van der Waals surface area contributed by atoms with Crippen LogP contribution in [0.15, 0.2) is 65.9 Å². The van der Waals surface area contributed by atoms with Crippen LogP contribution in [0.3, 0.4) is 0 Å². The van der Waals surface area contributed by atoms with Gasteiger partial charge in [0.1, 0.15) is 11.6 Å². The summed E-state index contributed by atoms with van der Waals surface area (Å²) in [6.45, 7) is 6.93. The van der Waals surface area contributed by atoms with Gasteiger partial charge in [0, 0.05) is 30.7 Å². The molecule has 3 heterocycles. The lowest BCUT2D eigenvalue weighted by Crippen LogP contribution is -2.36. The molecule has 1 aliphatic rings. The highest BCUT2D eigenvalue weighted by molar-refractivity contribution is 5.83. The standard InChI is InChI=1S/C26H26N6O2/c1-18-4-3-5-20(14-18)17-28-31-24-16-25(32-10-12-33-13-11-32)30-26(29-24)34-21-6-7-23-22(15-21)19(2)8-9-27-23/h3-9,14-17H,10-13H2,1-2H3,(H,29,30,31)/b28-17+. The van der Waals surface area contributed by atoms with E-state index in [1.54, 1.807) is 6.21 Å². The van der Waals surface area contributed by atoms with E-state index >= 15 is 0 Å². The number of aryl methyl sites for hydroxylation is 2. The number of rotatable bonds is 6. The number of hydrogen-bond donors (Lipinski definition) is 1. The number of ether oxygens (including phenoxy) is 2. The van der Waals surface area contributed by atoms with E-state index in [0.717, 1.165) is 40.9 Å². The van der Waals surface area contributed by atoms with E-state index in [4.69, 9.17) is 9.47 Å². The van der Waals surface area contributed by atoms with Crippen LogP contribution < -0.4 is 15.1 Å². The van der Waals surface area contributed by atoms with Gasteiger partial charge in [-0.2, -0.15) is 15.1 Å². The minimum absolute atomic E-state index is 0.248. The highest BCUT2D eigenvalue weighted by atomic mass is 16.5. The first kappa shape index (κ1) is 21.8. The maximum atomic E-state index is 6.09. The van der Waals surface area contributed by atoms with Crippen molar-refractivity contribution in [2.45, 2.75) is 13.8 Å². The van der Waals surface area contributed by atoms with E-state index in [-0.39, 0.29) is 6.01 Å². The maximum absolute atomic E-state index is 6.09. The average Bonchev–Trinajstić information content (AvgIpc) is 2.85. The SMILES string of the molecule is Cc1cccc(/C=N/Nc2cc(N3CCOCC3)nc(Oc3ccc4nccc(C)c4c3)n2)c1.